The van der Waals surface area contributed by atoms with Gasteiger partial charge < -0.3 is 21.1 Å². The average Bonchev–Trinajstić information content (AvgIpc) is 1.64. The third-order valence-corrected chi connectivity index (χ3v) is 3.27. The van der Waals surface area contributed by atoms with Gasteiger partial charge in [0.25, 0.3) is 0 Å². The van der Waals surface area contributed by atoms with E-state index in [2.05, 4.69) is 0 Å². The average molecular weight is 150 g/mol. The minimum absolute atomic E-state index is 0.324. The van der Waals surface area contributed by atoms with Crippen molar-refractivity contribution in [1.29, 1.82) is 0 Å². The molecule has 5 heteroatoms. The normalized spacial score (nSPS) is 12.0. The zero-order valence-corrected chi connectivity index (χ0v) is 6.38. The molecule has 0 saturated carbocycles. The largest absolute Gasteiger partial charge is 0.411 e. The second-order valence-corrected chi connectivity index (χ2v) is 5.02. The van der Waals surface area contributed by atoms with Crippen molar-refractivity contribution in [2.24, 2.45) is 11.5 Å². The van der Waals surface area contributed by atoms with E-state index in [1.165, 1.54) is 0 Å². The first-order valence-electron chi connectivity index (χ1n) is 2.97. The first-order chi connectivity index (χ1) is 4.12. The van der Waals surface area contributed by atoms with E-state index in [0.717, 1.165) is 0 Å². The molecule has 0 heterocycles. The molecule has 0 saturated heterocycles. The summed E-state index contributed by atoms with van der Waals surface area (Å²) in [6, 6.07) is 0.647. The van der Waals surface area contributed by atoms with Crippen molar-refractivity contribution in [3.8, 4) is 0 Å². The quantitative estimate of drug-likeness (QED) is 0.361. The molecule has 0 fully saturated rings. The molecule has 0 rings (SSSR count). The molecule has 0 spiro atoms. The molecule has 0 atom stereocenters. The molecule has 0 radical (unpaired) electrons. The first kappa shape index (κ1) is 9.06. The van der Waals surface area contributed by atoms with Crippen molar-refractivity contribution >= 4 is 8.56 Å². The molecule has 0 aliphatic heterocycles. The van der Waals surface area contributed by atoms with Gasteiger partial charge in [0, 0.05) is 12.1 Å². The van der Waals surface area contributed by atoms with E-state index in [1.807, 2.05) is 0 Å². The maximum atomic E-state index is 9.05. The molecule has 56 valence electrons. The van der Waals surface area contributed by atoms with E-state index < -0.39 is 8.56 Å². The monoisotopic (exact) mass is 150 g/mol. The lowest BCUT2D eigenvalue weighted by molar-refractivity contribution is 0.359. The number of hydrogen-bond donors (Lipinski definition) is 4. The van der Waals surface area contributed by atoms with E-state index in [1.54, 1.807) is 0 Å². The summed E-state index contributed by atoms with van der Waals surface area (Å²) in [4.78, 5) is 18.1. The molecule has 0 aromatic rings. The summed E-state index contributed by atoms with van der Waals surface area (Å²) in [7, 11) is -2.95. The predicted molar refractivity (Wildman–Crippen MR) is 37.9 cm³/mol. The van der Waals surface area contributed by atoms with Gasteiger partial charge in [0.15, 0.2) is 0 Å². The van der Waals surface area contributed by atoms with Crippen LogP contribution >= 0.6 is 0 Å². The van der Waals surface area contributed by atoms with E-state index in [-0.39, 0.29) is 0 Å². The molecule has 4 nitrogen and oxygen atoms in total. The fourth-order valence-electron chi connectivity index (χ4n) is 0.587. The second-order valence-electron chi connectivity index (χ2n) is 2.06. The van der Waals surface area contributed by atoms with Crippen LogP contribution in [0, 0.1) is 0 Å². The number of nitrogens with two attached hydrogens (primary N) is 2. The van der Waals surface area contributed by atoms with Gasteiger partial charge in [0.2, 0.25) is 0 Å². The molecule has 0 aromatic heterocycles. The Hall–Kier alpha value is 0.0569. The number of hydrogen-bond acceptors (Lipinski definition) is 4. The Kier molecular flexibility index (Phi) is 3.99. The summed E-state index contributed by atoms with van der Waals surface area (Å²) in [5.41, 5.74) is 10.2. The smallest absolute Gasteiger partial charge is 0.335 e. The van der Waals surface area contributed by atoms with Gasteiger partial charge in [-0.15, -0.1) is 0 Å². The minimum Gasteiger partial charge on any atom is -0.411 e. The minimum atomic E-state index is -2.95. The Morgan fingerprint density at radius 1 is 1.00 bits per heavy atom. The second kappa shape index (κ2) is 3.97. The molecule has 6 N–H and O–H groups in total. The van der Waals surface area contributed by atoms with Crippen molar-refractivity contribution in [1.82, 2.24) is 0 Å². The maximum Gasteiger partial charge on any atom is 0.335 e. The predicted octanol–water partition coefficient (Wildman–Crippen LogP) is -1.67. The standard InChI is InChI=1S/C4H14N2O2Si/c5-1-3-9(7,8)4-2-6/h7-8H,1-6H2. The van der Waals surface area contributed by atoms with Gasteiger partial charge in [-0.25, -0.2) is 0 Å². The summed E-state index contributed by atoms with van der Waals surface area (Å²) in [6.07, 6.45) is 0. The van der Waals surface area contributed by atoms with Crippen LogP contribution < -0.4 is 11.5 Å². The Morgan fingerprint density at radius 3 is 1.56 bits per heavy atom. The third kappa shape index (κ3) is 4.55. The Balaban J connectivity index is 3.43. The van der Waals surface area contributed by atoms with Crippen molar-refractivity contribution in [2.75, 3.05) is 13.1 Å². The Bertz CT molecular complexity index is 71.0. The summed E-state index contributed by atoms with van der Waals surface area (Å²) >= 11 is 0. The van der Waals surface area contributed by atoms with Crippen molar-refractivity contribution in [2.45, 2.75) is 12.1 Å². The fraction of sp³-hybridized carbons (Fsp3) is 1.00. The van der Waals surface area contributed by atoms with Gasteiger partial charge in [-0.3, -0.25) is 0 Å². The van der Waals surface area contributed by atoms with Gasteiger partial charge >= 0.3 is 8.56 Å². The van der Waals surface area contributed by atoms with Crippen molar-refractivity contribution < 1.29 is 9.59 Å². The van der Waals surface area contributed by atoms with Gasteiger partial charge in [0.1, 0.15) is 0 Å². The molecule has 0 bridgehead atoms. The summed E-state index contributed by atoms with van der Waals surface area (Å²) in [6.45, 7) is 0.665. The third-order valence-electron chi connectivity index (χ3n) is 1.09. The highest BCUT2D eigenvalue weighted by atomic mass is 28.4. The Labute approximate surface area is 55.7 Å². The molecular weight excluding hydrogens is 136 g/mol. The Morgan fingerprint density at radius 2 is 1.33 bits per heavy atom. The molecule has 0 unspecified atom stereocenters. The van der Waals surface area contributed by atoms with Gasteiger partial charge in [-0.2, -0.15) is 0 Å². The van der Waals surface area contributed by atoms with Crippen LogP contribution in [0.4, 0.5) is 0 Å². The van der Waals surface area contributed by atoms with Crippen LogP contribution in [-0.2, 0) is 0 Å². The van der Waals surface area contributed by atoms with E-state index >= 15 is 0 Å². The van der Waals surface area contributed by atoms with Crippen LogP contribution in [0.25, 0.3) is 0 Å². The lowest BCUT2D eigenvalue weighted by Crippen LogP contribution is -2.38. The highest BCUT2D eigenvalue weighted by Gasteiger charge is 2.26. The lowest BCUT2D eigenvalue weighted by atomic mass is 10.8. The van der Waals surface area contributed by atoms with Gasteiger partial charge in [0.05, 0.1) is 0 Å². The van der Waals surface area contributed by atoms with Crippen LogP contribution in [0.3, 0.4) is 0 Å². The van der Waals surface area contributed by atoms with Crippen LogP contribution in [0.15, 0.2) is 0 Å². The van der Waals surface area contributed by atoms with Gasteiger partial charge in [-0.05, 0) is 13.1 Å². The van der Waals surface area contributed by atoms with E-state index in [0.29, 0.717) is 25.2 Å². The van der Waals surface area contributed by atoms with Crippen LogP contribution in [0.1, 0.15) is 0 Å². The maximum absolute atomic E-state index is 9.05. The fourth-order valence-corrected chi connectivity index (χ4v) is 1.76. The molecule has 0 aliphatic carbocycles. The van der Waals surface area contributed by atoms with E-state index in [9.17, 15) is 0 Å². The van der Waals surface area contributed by atoms with Crippen LogP contribution in [-0.4, -0.2) is 31.2 Å². The SMILES string of the molecule is NCC[Si](O)(O)CCN. The number of rotatable bonds is 4. The molecule has 0 aromatic carbocycles. The zero-order chi connectivity index (χ0) is 7.33. The van der Waals surface area contributed by atoms with Gasteiger partial charge in [-0.1, -0.05) is 0 Å². The van der Waals surface area contributed by atoms with Crippen LogP contribution in [0.2, 0.25) is 12.1 Å². The van der Waals surface area contributed by atoms with Crippen LogP contribution in [0.5, 0.6) is 0 Å². The highest BCUT2D eigenvalue weighted by Crippen LogP contribution is 2.03. The first-order valence-corrected chi connectivity index (χ1v) is 5.28. The van der Waals surface area contributed by atoms with Crippen molar-refractivity contribution in [3.05, 3.63) is 0 Å². The zero-order valence-electron chi connectivity index (χ0n) is 5.38. The van der Waals surface area contributed by atoms with Crippen molar-refractivity contribution in [3.63, 3.8) is 0 Å². The lowest BCUT2D eigenvalue weighted by Gasteiger charge is -2.14. The topological polar surface area (TPSA) is 92.5 Å². The molecular formula is C4H14N2O2Si. The summed E-state index contributed by atoms with van der Waals surface area (Å²) < 4.78 is 0. The molecule has 0 aliphatic rings. The molecule has 0 amide bonds. The molecule has 9 heavy (non-hydrogen) atoms. The highest BCUT2D eigenvalue weighted by molar-refractivity contribution is 6.64. The summed E-state index contributed by atoms with van der Waals surface area (Å²) in [5.74, 6) is 0. The summed E-state index contributed by atoms with van der Waals surface area (Å²) in [5, 5.41) is 0. The van der Waals surface area contributed by atoms with E-state index in [4.69, 9.17) is 21.1 Å².